The molecule has 0 spiro atoms. The number of primary amides is 1. The molecule has 1 amide bonds. The quantitative estimate of drug-likeness (QED) is 0.807. The molecule has 0 saturated heterocycles. The second-order valence-corrected chi connectivity index (χ2v) is 6.08. The molecule has 6 heteroatoms. The second kappa shape index (κ2) is 7.26. The van der Waals surface area contributed by atoms with E-state index in [-0.39, 0.29) is 5.91 Å². The van der Waals surface area contributed by atoms with Gasteiger partial charge in [0.15, 0.2) is 5.82 Å². The first kappa shape index (κ1) is 17.0. The monoisotopic (exact) mass is 316 g/mol. The van der Waals surface area contributed by atoms with E-state index < -0.39 is 5.41 Å². The van der Waals surface area contributed by atoms with Crippen LogP contribution in [0.25, 0.3) is 0 Å². The Labute approximate surface area is 136 Å². The summed E-state index contributed by atoms with van der Waals surface area (Å²) in [7, 11) is 0. The van der Waals surface area contributed by atoms with E-state index in [4.69, 9.17) is 15.0 Å². The van der Waals surface area contributed by atoms with Gasteiger partial charge < -0.3 is 15.0 Å². The van der Waals surface area contributed by atoms with Gasteiger partial charge in [-0.25, -0.2) is 0 Å². The van der Waals surface area contributed by atoms with Gasteiger partial charge in [0.1, 0.15) is 5.75 Å². The van der Waals surface area contributed by atoms with Crippen molar-refractivity contribution in [3.63, 3.8) is 0 Å². The lowest BCUT2D eigenvalue weighted by molar-refractivity contribution is -0.126. The Balaban J connectivity index is 1.79. The lowest BCUT2D eigenvalue weighted by Crippen LogP contribution is -2.32. The fourth-order valence-corrected chi connectivity index (χ4v) is 1.87. The molecule has 0 bridgehead atoms. The van der Waals surface area contributed by atoms with Gasteiger partial charge in [0.25, 0.3) is 0 Å². The summed E-state index contributed by atoms with van der Waals surface area (Å²) in [6, 6.07) is 7.77. The molecule has 0 fully saturated rings. The van der Waals surface area contributed by atoms with Gasteiger partial charge in [-0.1, -0.05) is 31.1 Å². The molecule has 123 valence electrons. The molecule has 0 aliphatic rings. The summed E-state index contributed by atoms with van der Waals surface area (Å²) in [6.45, 7) is 5.86. The van der Waals surface area contributed by atoms with Crippen LogP contribution in [0.1, 0.15) is 37.5 Å². The van der Waals surface area contributed by atoms with Crippen molar-refractivity contribution in [2.45, 2.75) is 33.6 Å². The van der Waals surface area contributed by atoms with Crippen molar-refractivity contribution in [1.29, 1.82) is 0 Å². The van der Waals surface area contributed by atoms with Crippen LogP contribution in [0.4, 0.5) is 0 Å². The molecule has 0 atom stereocenters. The van der Waals surface area contributed by atoms with Crippen LogP contribution < -0.4 is 10.5 Å². The Morgan fingerprint density at radius 1 is 1.35 bits per heavy atom. The number of carbonyl (C=O) groups is 1. The van der Waals surface area contributed by atoms with Gasteiger partial charge in [-0.2, -0.15) is 4.98 Å². The van der Waals surface area contributed by atoms with Gasteiger partial charge in [0.05, 0.1) is 13.0 Å². The highest BCUT2D eigenvalue weighted by molar-refractivity contribution is 5.79. The number of nitrogens with zero attached hydrogens (tertiary/aromatic N) is 2. The largest absolute Gasteiger partial charge is 0.494 e. The number of aryl methyl sites for hydroxylation is 1. The van der Waals surface area contributed by atoms with E-state index in [1.165, 1.54) is 0 Å². The van der Waals surface area contributed by atoms with Gasteiger partial charge in [0, 0.05) is 5.41 Å². The molecule has 2 aromatic rings. The first-order valence-electron chi connectivity index (χ1n) is 7.52. The number of rotatable bonds is 8. The molecule has 1 heterocycles. The van der Waals surface area contributed by atoms with Gasteiger partial charge in [-0.3, -0.25) is 4.79 Å². The predicted octanol–water partition coefficient (Wildman–Crippen LogP) is 2.45. The summed E-state index contributed by atoms with van der Waals surface area (Å²) in [4.78, 5) is 15.4. The zero-order valence-electron chi connectivity index (χ0n) is 13.7. The second-order valence-electron chi connectivity index (χ2n) is 6.08. The summed E-state index contributed by atoms with van der Waals surface area (Å²) in [6.07, 6.45) is 3.16. The minimum Gasteiger partial charge on any atom is -0.494 e. The average Bonchev–Trinajstić information content (AvgIpc) is 2.92. The Morgan fingerprint density at radius 2 is 2.04 bits per heavy atom. The van der Waals surface area contributed by atoms with Crippen LogP contribution >= 0.6 is 0 Å². The SMILES string of the molecule is Cc1noc([CH]Cc2ccc(OCCC(C)(C)C(N)=O)cc2)n1. The van der Waals surface area contributed by atoms with Gasteiger partial charge >= 0.3 is 0 Å². The summed E-state index contributed by atoms with van der Waals surface area (Å²) < 4.78 is 10.7. The number of nitrogens with two attached hydrogens (primary N) is 1. The van der Waals surface area contributed by atoms with E-state index in [1.54, 1.807) is 6.92 Å². The predicted molar refractivity (Wildman–Crippen MR) is 85.7 cm³/mol. The van der Waals surface area contributed by atoms with Crippen molar-refractivity contribution in [2.75, 3.05) is 6.61 Å². The minimum atomic E-state index is -0.558. The maximum absolute atomic E-state index is 11.2. The third-order valence-electron chi connectivity index (χ3n) is 3.64. The Hall–Kier alpha value is -2.37. The standard InChI is InChI=1S/C17H22N3O3/c1-12-19-15(23-20-12)9-6-13-4-7-14(8-5-13)22-11-10-17(2,3)16(18)21/h4-5,7-9H,6,10-11H2,1-3H3,(H2,18,21). The molecule has 1 radical (unpaired) electrons. The Bertz CT molecular complexity index is 647. The zero-order valence-corrected chi connectivity index (χ0v) is 13.7. The zero-order chi connectivity index (χ0) is 16.9. The van der Waals surface area contributed by atoms with Crippen LogP contribution in [0.15, 0.2) is 28.8 Å². The van der Waals surface area contributed by atoms with Crippen LogP contribution in [0.5, 0.6) is 5.75 Å². The number of aromatic nitrogens is 2. The van der Waals surface area contributed by atoms with Crippen molar-refractivity contribution >= 4 is 5.91 Å². The third-order valence-corrected chi connectivity index (χ3v) is 3.64. The number of hydrogen-bond acceptors (Lipinski definition) is 5. The van der Waals surface area contributed by atoms with Crippen LogP contribution in [-0.4, -0.2) is 22.7 Å². The van der Waals surface area contributed by atoms with E-state index in [0.29, 0.717) is 31.2 Å². The number of carbonyl (C=O) groups excluding carboxylic acids is 1. The van der Waals surface area contributed by atoms with Crippen molar-refractivity contribution < 1.29 is 14.1 Å². The van der Waals surface area contributed by atoms with Crippen molar-refractivity contribution in [3.8, 4) is 5.75 Å². The lowest BCUT2D eigenvalue weighted by atomic mass is 9.89. The highest BCUT2D eigenvalue weighted by atomic mass is 16.5. The van der Waals surface area contributed by atoms with Crippen molar-refractivity contribution in [1.82, 2.24) is 10.1 Å². The van der Waals surface area contributed by atoms with Crippen molar-refractivity contribution in [2.24, 2.45) is 11.1 Å². The van der Waals surface area contributed by atoms with Crippen LogP contribution in [0.2, 0.25) is 0 Å². The Morgan fingerprint density at radius 3 is 2.61 bits per heavy atom. The van der Waals surface area contributed by atoms with Gasteiger partial charge in [-0.05, 0) is 37.5 Å². The number of hydrogen-bond donors (Lipinski definition) is 1. The minimum absolute atomic E-state index is 0.316. The lowest BCUT2D eigenvalue weighted by Gasteiger charge is -2.20. The molecule has 23 heavy (non-hydrogen) atoms. The molecule has 0 saturated carbocycles. The molecule has 0 aliphatic heterocycles. The molecule has 2 rings (SSSR count). The van der Waals surface area contributed by atoms with E-state index in [2.05, 4.69) is 10.1 Å². The maximum Gasteiger partial charge on any atom is 0.230 e. The molecule has 1 aromatic heterocycles. The molecule has 2 N–H and O–H groups in total. The molecule has 0 aliphatic carbocycles. The molecule has 6 nitrogen and oxygen atoms in total. The van der Waals surface area contributed by atoms with E-state index in [0.717, 1.165) is 11.3 Å². The first-order chi connectivity index (χ1) is 10.9. The number of amides is 1. The van der Waals surface area contributed by atoms with Crippen LogP contribution in [0.3, 0.4) is 0 Å². The molecule has 0 unspecified atom stereocenters. The molecular formula is C17H22N3O3. The van der Waals surface area contributed by atoms with Gasteiger partial charge in [0.2, 0.25) is 11.8 Å². The Kier molecular flexibility index (Phi) is 5.36. The maximum atomic E-state index is 11.2. The average molecular weight is 316 g/mol. The summed E-state index contributed by atoms with van der Waals surface area (Å²) in [5.74, 6) is 1.60. The number of ether oxygens (including phenoxy) is 1. The normalized spacial score (nSPS) is 11.4. The fourth-order valence-electron chi connectivity index (χ4n) is 1.87. The molecular weight excluding hydrogens is 294 g/mol. The smallest absolute Gasteiger partial charge is 0.230 e. The summed E-state index contributed by atoms with van der Waals surface area (Å²) >= 11 is 0. The highest BCUT2D eigenvalue weighted by Gasteiger charge is 2.24. The third kappa shape index (κ3) is 5.09. The fraction of sp³-hybridized carbons (Fsp3) is 0.412. The first-order valence-corrected chi connectivity index (χ1v) is 7.52. The van der Waals surface area contributed by atoms with E-state index >= 15 is 0 Å². The van der Waals surface area contributed by atoms with Crippen LogP contribution in [-0.2, 0) is 11.2 Å². The summed E-state index contributed by atoms with van der Waals surface area (Å²) in [5, 5.41) is 3.74. The van der Waals surface area contributed by atoms with E-state index in [9.17, 15) is 4.79 Å². The van der Waals surface area contributed by atoms with Gasteiger partial charge in [-0.15, -0.1) is 0 Å². The van der Waals surface area contributed by atoms with Crippen LogP contribution in [0, 0.1) is 18.8 Å². The van der Waals surface area contributed by atoms with Crippen molar-refractivity contribution in [3.05, 3.63) is 48.0 Å². The molecule has 1 aromatic carbocycles. The topological polar surface area (TPSA) is 91.2 Å². The van der Waals surface area contributed by atoms with E-state index in [1.807, 2.05) is 44.5 Å². The highest BCUT2D eigenvalue weighted by Crippen LogP contribution is 2.21. The summed E-state index contributed by atoms with van der Waals surface area (Å²) in [5.41, 5.74) is 5.90. The number of benzene rings is 1.